The minimum absolute atomic E-state index is 0.00717. The molecule has 2 saturated carbocycles. The van der Waals surface area contributed by atoms with Gasteiger partial charge in [-0.15, -0.1) is 0 Å². The fourth-order valence-corrected chi connectivity index (χ4v) is 10.1. The minimum atomic E-state index is -1.49. The van der Waals surface area contributed by atoms with Gasteiger partial charge in [0.05, 0.1) is 26.2 Å². The molecule has 1 heterocycles. The summed E-state index contributed by atoms with van der Waals surface area (Å²) in [6, 6.07) is 10.2. The third kappa shape index (κ3) is 20.4. The Hall–Kier alpha value is -6.96. The van der Waals surface area contributed by atoms with Gasteiger partial charge in [-0.25, -0.2) is 9.59 Å². The Kier molecular flexibility index (Phi) is 23.0. The van der Waals surface area contributed by atoms with Gasteiger partial charge in [-0.1, -0.05) is 42.5 Å². The Labute approximate surface area is 433 Å². The average Bonchev–Trinajstić information content (AvgIpc) is 3.31. The number of urea groups is 1. The second-order valence-corrected chi connectivity index (χ2v) is 19.9. The molecule has 75 heavy (non-hydrogen) atoms. The van der Waals surface area contributed by atoms with Gasteiger partial charge in [-0.3, -0.25) is 58.0 Å². The van der Waals surface area contributed by atoms with Crippen molar-refractivity contribution in [1.82, 2.24) is 46.2 Å². The van der Waals surface area contributed by atoms with Crippen LogP contribution in [0.1, 0.15) is 63.4 Å². The molecule has 5 rings (SSSR count). The lowest BCUT2D eigenvalue weighted by molar-refractivity contribution is -0.143. The number of aliphatic carboxylic acids is 5. The molecule has 0 radical (unpaired) electrons. The van der Waals surface area contributed by atoms with Gasteiger partial charge in [0.2, 0.25) is 17.7 Å². The van der Waals surface area contributed by atoms with Gasteiger partial charge in [0, 0.05) is 90.6 Å². The highest BCUT2D eigenvalue weighted by Gasteiger charge is 2.54. The van der Waals surface area contributed by atoms with E-state index >= 15 is 0 Å². The van der Waals surface area contributed by atoms with Gasteiger partial charge in [0.1, 0.15) is 12.1 Å². The lowest BCUT2D eigenvalue weighted by atomic mass is 9.48. The van der Waals surface area contributed by atoms with Crippen LogP contribution in [0.15, 0.2) is 42.5 Å². The number of nitrogens with one attached hydrogen (secondary N) is 5. The largest absolute Gasteiger partial charge is 0.481 e. The summed E-state index contributed by atoms with van der Waals surface area (Å²) in [6.45, 7) is 2.22. The molecule has 2 aromatic carbocycles. The third-order valence-electron chi connectivity index (χ3n) is 14.0. The molecule has 1 aliphatic heterocycles. The Bertz CT molecular complexity index is 2290. The number of fused-ring (bicyclic) bond motifs is 1. The van der Waals surface area contributed by atoms with Crippen LogP contribution in [0, 0.1) is 17.3 Å². The topological polar surface area (TPSA) is 354 Å². The highest BCUT2D eigenvalue weighted by Crippen LogP contribution is 2.61. The van der Waals surface area contributed by atoms with Gasteiger partial charge in [0.25, 0.3) is 6.47 Å². The maximum absolute atomic E-state index is 13.8. The monoisotopic (exact) mass is 1050 g/mol. The first-order valence-corrected chi connectivity index (χ1v) is 25.3. The lowest BCUT2D eigenvalue weighted by Gasteiger charge is -2.57. The molecule has 1 saturated heterocycles. The molecule has 3 atom stereocenters. The number of hydrogen-bond acceptors (Lipinski definition) is 15. The normalized spacial score (nSPS) is 21.0. The molecule has 1 spiro atoms. The second-order valence-electron chi connectivity index (χ2n) is 19.9. The maximum atomic E-state index is 13.8. The summed E-state index contributed by atoms with van der Waals surface area (Å²) >= 11 is 0. The number of nitrogens with zero attached hydrogens (tertiary/aromatic N) is 4. The van der Waals surface area contributed by atoms with Crippen LogP contribution in [0.4, 0.5) is 4.79 Å². The number of carboxylic acid groups (broad SMARTS) is 5. The highest BCUT2D eigenvalue weighted by molar-refractivity contribution is 5.90. The number of benzene rings is 2. The molecular weight excluding hydrogens is 983 g/mol. The van der Waals surface area contributed by atoms with E-state index in [2.05, 4.69) is 26.6 Å². The van der Waals surface area contributed by atoms with Gasteiger partial charge in [-0.05, 0) is 72.6 Å². The summed E-state index contributed by atoms with van der Waals surface area (Å²) in [7, 11) is 0. The molecule has 412 valence electrons. The first-order chi connectivity index (χ1) is 35.8. The molecular formula is C50H71N9O16. The van der Waals surface area contributed by atoms with E-state index in [1.165, 1.54) is 0 Å². The zero-order chi connectivity index (χ0) is 54.5. The van der Waals surface area contributed by atoms with E-state index in [1.807, 2.05) is 47.4 Å². The number of carbonyl (C=O) groups excluding carboxylic acids is 5. The fraction of sp³-hybridized carbons (Fsp3) is 0.600. The van der Waals surface area contributed by atoms with E-state index < -0.39 is 66.5 Å². The first kappa shape index (κ1) is 58.9. The second kappa shape index (κ2) is 29.2. The summed E-state index contributed by atoms with van der Waals surface area (Å²) in [4.78, 5) is 129. The Balaban J connectivity index is 1.09. The van der Waals surface area contributed by atoms with E-state index in [1.54, 1.807) is 14.7 Å². The van der Waals surface area contributed by atoms with Crippen molar-refractivity contribution < 1.29 is 78.2 Å². The van der Waals surface area contributed by atoms with Crippen LogP contribution in [0.25, 0.3) is 10.8 Å². The molecule has 5 amide bonds. The summed E-state index contributed by atoms with van der Waals surface area (Å²) in [5.41, 5.74) is 0.786. The van der Waals surface area contributed by atoms with Crippen molar-refractivity contribution in [2.75, 3.05) is 91.6 Å². The molecule has 2 aromatic rings. The van der Waals surface area contributed by atoms with E-state index in [-0.39, 0.29) is 114 Å². The zero-order valence-corrected chi connectivity index (χ0v) is 42.0. The van der Waals surface area contributed by atoms with Crippen LogP contribution in [0.5, 0.6) is 0 Å². The summed E-state index contributed by atoms with van der Waals surface area (Å²) in [5, 5.41) is 62.1. The summed E-state index contributed by atoms with van der Waals surface area (Å²) in [5.74, 6) is -6.80. The lowest BCUT2D eigenvalue weighted by Crippen LogP contribution is -2.57. The van der Waals surface area contributed by atoms with Crippen LogP contribution < -0.4 is 26.6 Å². The number of rotatable bonds is 28. The van der Waals surface area contributed by atoms with E-state index in [4.69, 9.17) is 9.84 Å². The van der Waals surface area contributed by atoms with Gasteiger partial charge >= 0.3 is 35.9 Å². The van der Waals surface area contributed by atoms with Crippen molar-refractivity contribution in [3.05, 3.63) is 48.0 Å². The molecule has 2 aliphatic carbocycles. The fourth-order valence-electron chi connectivity index (χ4n) is 10.1. The number of hydrogen-bond donors (Lipinski definition) is 10. The number of carboxylic acids is 5. The van der Waals surface area contributed by atoms with Crippen molar-refractivity contribution in [1.29, 1.82) is 0 Å². The SMILES string of the molecule is O=CO[C@H](CCCCNC(=O)[C@H](Cc1ccc2ccccc2c1)NC(=O)C1CC2(CC(CNC(=O)CN3CCN(CC(=O)O)CCN(CC(=O)O)CCN(CC(=O)O)CC3)C2)C1)NC(=O)N[C@@H](CCC(=O)O)C(=O)O. The molecule has 3 fully saturated rings. The summed E-state index contributed by atoms with van der Waals surface area (Å²) in [6.07, 6.45) is 1.92. The number of carbonyl (C=O) groups is 10. The van der Waals surface area contributed by atoms with Crippen LogP contribution in [0.3, 0.4) is 0 Å². The van der Waals surface area contributed by atoms with Crippen molar-refractivity contribution in [2.45, 2.75) is 82.5 Å². The summed E-state index contributed by atoms with van der Waals surface area (Å²) < 4.78 is 4.94. The molecule has 10 N–H and O–H groups in total. The Morgan fingerprint density at radius 3 is 1.72 bits per heavy atom. The first-order valence-electron chi connectivity index (χ1n) is 25.3. The van der Waals surface area contributed by atoms with E-state index in [0.717, 1.165) is 29.2 Å². The van der Waals surface area contributed by atoms with Crippen molar-refractivity contribution in [3.8, 4) is 0 Å². The Morgan fingerprint density at radius 1 is 0.627 bits per heavy atom. The van der Waals surface area contributed by atoms with Crippen LogP contribution in [-0.2, 0) is 54.3 Å². The van der Waals surface area contributed by atoms with E-state index in [0.29, 0.717) is 58.4 Å². The average molecular weight is 1050 g/mol. The Morgan fingerprint density at radius 2 is 1.19 bits per heavy atom. The third-order valence-corrected chi connectivity index (χ3v) is 14.0. The van der Waals surface area contributed by atoms with Gasteiger partial charge in [-0.2, -0.15) is 0 Å². The molecule has 25 heteroatoms. The molecule has 0 aromatic heterocycles. The standard InChI is InChI=1S/C50H71N9O16/c60-32-75-41(55-49(74)54-38(48(72)73)10-11-42(62)63)7-3-4-12-51-47(71)39(22-33-8-9-35-5-1-2-6-36(35)21-33)53-46(70)37-25-50(26-37)23-34(24-50)27-52-40(61)28-56-13-15-57(29-43(64)65)17-19-59(31-45(68)69)20-18-58(16-14-56)30-44(66)67/h1-2,5-6,8-9,21,32,34,37-39,41H,3-4,7,10-20,22-31H2,(H,51,71)(H,52,61)(H,53,70)(H,62,63)(H,64,65)(H,66,67)(H,68,69)(H,72,73)(H2,54,55,74)/t34?,37?,38-,39-,41+,50?/m0/s1. The van der Waals surface area contributed by atoms with Gasteiger partial charge < -0.3 is 56.9 Å². The van der Waals surface area contributed by atoms with Crippen molar-refractivity contribution in [2.24, 2.45) is 17.3 Å². The zero-order valence-electron chi connectivity index (χ0n) is 42.0. The number of amides is 5. The smallest absolute Gasteiger partial charge is 0.326 e. The number of unbranched alkanes of at least 4 members (excludes halogenated alkanes) is 1. The van der Waals surface area contributed by atoms with Crippen LogP contribution in [-0.4, -0.2) is 215 Å². The predicted octanol–water partition coefficient (Wildman–Crippen LogP) is -0.332. The molecule has 3 aliphatic rings. The van der Waals surface area contributed by atoms with E-state index in [9.17, 15) is 68.4 Å². The minimum Gasteiger partial charge on any atom is -0.481 e. The van der Waals surface area contributed by atoms with Gasteiger partial charge in [0.15, 0.2) is 6.23 Å². The highest BCUT2D eigenvalue weighted by atomic mass is 16.5. The number of ether oxygens (including phenoxy) is 1. The van der Waals surface area contributed by atoms with Crippen LogP contribution in [0.2, 0.25) is 0 Å². The maximum Gasteiger partial charge on any atom is 0.326 e. The van der Waals surface area contributed by atoms with Crippen molar-refractivity contribution >= 4 is 70.8 Å². The molecule has 0 bridgehead atoms. The van der Waals surface area contributed by atoms with Crippen molar-refractivity contribution in [3.63, 3.8) is 0 Å². The predicted molar refractivity (Wildman–Crippen MR) is 267 cm³/mol. The quantitative estimate of drug-likeness (QED) is 0.0296. The molecule has 25 nitrogen and oxygen atoms in total. The van der Waals surface area contributed by atoms with Crippen LogP contribution >= 0.6 is 0 Å². The molecule has 0 unspecified atom stereocenters.